The molecule has 0 spiro atoms. The first kappa shape index (κ1) is 38.8. The molecule has 2 bridgehead atoms. The predicted octanol–water partition coefficient (Wildman–Crippen LogP) is 5.62. The number of hydrogen-bond donors (Lipinski definition) is 4. The fraction of sp³-hybridized carbons (Fsp3) is 0.535. The highest BCUT2D eigenvalue weighted by Gasteiger charge is 2.57. The van der Waals surface area contributed by atoms with Crippen LogP contribution in [0, 0.1) is 29.1 Å². The molecule has 0 radical (unpaired) electrons. The lowest BCUT2D eigenvalue weighted by molar-refractivity contribution is -0.183. The SMILES string of the molecule is COc1c(CN2O[C@@H](CO)[C@@H]([C@H](C)O)[C@H]2C(=O)N[C@H]2C[C@H]3C[C@@H]([C@@H]2C)C3(C)C)cccc1-c1cc(C(=O)NC[C@H](C)c2ccccc2)cc(N(C)C)c1. The van der Waals surface area contributed by atoms with Crippen LogP contribution in [0.5, 0.6) is 5.75 Å². The van der Waals surface area contributed by atoms with Crippen molar-refractivity contribution in [2.45, 2.75) is 84.2 Å². The number of hydroxylamine groups is 2. The highest BCUT2D eigenvalue weighted by molar-refractivity contribution is 5.97. The first-order chi connectivity index (χ1) is 25.2. The van der Waals surface area contributed by atoms with Gasteiger partial charge in [-0.25, -0.2) is 0 Å². The van der Waals surface area contributed by atoms with E-state index in [1.807, 2.05) is 73.6 Å². The Morgan fingerprint density at radius 1 is 1.06 bits per heavy atom. The third-order valence-corrected chi connectivity index (χ3v) is 12.6. The molecule has 0 aromatic heterocycles. The summed E-state index contributed by atoms with van der Waals surface area (Å²) in [6.07, 6.45) is 0.487. The molecule has 7 rings (SSSR count). The number of benzene rings is 3. The van der Waals surface area contributed by atoms with Crippen LogP contribution in [0.1, 0.15) is 74.9 Å². The number of rotatable bonds is 13. The highest BCUT2D eigenvalue weighted by Crippen LogP contribution is 2.61. The minimum atomic E-state index is -0.897. The van der Waals surface area contributed by atoms with Crippen molar-refractivity contribution in [1.82, 2.24) is 15.7 Å². The Morgan fingerprint density at radius 2 is 1.79 bits per heavy atom. The van der Waals surface area contributed by atoms with Crippen LogP contribution in [0.25, 0.3) is 11.1 Å². The Morgan fingerprint density at radius 3 is 2.42 bits per heavy atom. The van der Waals surface area contributed by atoms with E-state index in [9.17, 15) is 19.8 Å². The molecule has 4 fully saturated rings. The third-order valence-electron chi connectivity index (χ3n) is 12.6. The summed E-state index contributed by atoms with van der Waals surface area (Å²) >= 11 is 0. The molecule has 53 heavy (non-hydrogen) atoms. The van der Waals surface area contributed by atoms with Gasteiger partial charge in [-0.2, -0.15) is 5.06 Å². The van der Waals surface area contributed by atoms with Crippen molar-refractivity contribution in [3.63, 3.8) is 0 Å². The van der Waals surface area contributed by atoms with Crippen LogP contribution in [-0.4, -0.2) is 85.7 Å². The van der Waals surface area contributed by atoms with Crippen molar-refractivity contribution in [1.29, 1.82) is 0 Å². The second kappa shape index (κ2) is 15.8. The van der Waals surface area contributed by atoms with Crippen LogP contribution < -0.4 is 20.3 Å². The van der Waals surface area contributed by atoms with Crippen LogP contribution >= 0.6 is 0 Å². The summed E-state index contributed by atoms with van der Waals surface area (Å²) in [6.45, 7) is 11.0. The van der Waals surface area contributed by atoms with E-state index in [0.29, 0.717) is 35.6 Å². The first-order valence-corrected chi connectivity index (χ1v) is 19.1. The van der Waals surface area contributed by atoms with E-state index in [1.54, 1.807) is 19.1 Å². The molecule has 1 saturated heterocycles. The second-order valence-corrected chi connectivity index (χ2v) is 16.4. The van der Waals surface area contributed by atoms with Crippen molar-refractivity contribution in [3.05, 3.63) is 83.4 Å². The van der Waals surface area contributed by atoms with Gasteiger partial charge in [-0.3, -0.25) is 14.4 Å². The van der Waals surface area contributed by atoms with Crippen molar-refractivity contribution < 1.29 is 29.4 Å². The van der Waals surface area contributed by atoms with E-state index in [0.717, 1.165) is 34.4 Å². The van der Waals surface area contributed by atoms with E-state index in [4.69, 9.17) is 9.57 Å². The Balaban J connectivity index is 1.27. The van der Waals surface area contributed by atoms with E-state index in [-0.39, 0.29) is 42.3 Å². The largest absolute Gasteiger partial charge is 0.496 e. The summed E-state index contributed by atoms with van der Waals surface area (Å²) in [5.74, 6) is 1.19. The Hall–Kier alpha value is -3.96. The zero-order valence-corrected chi connectivity index (χ0v) is 32.5. The van der Waals surface area contributed by atoms with Gasteiger partial charge >= 0.3 is 0 Å². The molecule has 3 saturated carbocycles. The zero-order chi connectivity index (χ0) is 38.2. The molecule has 10 heteroatoms. The monoisotopic (exact) mass is 726 g/mol. The minimum Gasteiger partial charge on any atom is -0.496 e. The summed E-state index contributed by atoms with van der Waals surface area (Å²) in [5, 5.41) is 29.4. The Kier molecular flexibility index (Phi) is 11.5. The number of carbonyl (C=O) groups is 2. The Labute approximate surface area is 314 Å². The van der Waals surface area contributed by atoms with Crippen LogP contribution in [0.15, 0.2) is 66.7 Å². The van der Waals surface area contributed by atoms with Crippen LogP contribution in [0.3, 0.4) is 0 Å². The van der Waals surface area contributed by atoms with Gasteiger partial charge in [-0.05, 0) is 78.2 Å². The quantitative estimate of drug-likeness (QED) is 0.179. The van der Waals surface area contributed by atoms with Crippen molar-refractivity contribution in [2.24, 2.45) is 29.1 Å². The average Bonchev–Trinajstić information content (AvgIpc) is 3.52. The lowest BCUT2D eigenvalue weighted by atomic mass is 9.45. The molecule has 3 aromatic rings. The van der Waals surface area contributed by atoms with Gasteiger partial charge in [0.05, 0.1) is 26.4 Å². The summed E-state index contributed by atoms with van der Waals surface area (Å²) in [4.78, 5) is 36.1. The fourth-order valence-corrected chi connectivity index (χ4v) is 9.23. The van der Waals surface area contributed by atoms with Gasteiger partial charge in [0.1, 0.15) is 17.9 Å². The molecule has 4 aliphatic rings. The number of nitrogens with one attached hydrogen (secondary N) is 2. The molecule has 0 unspecified atom stereocenters. The molecular weight excluding hydrogens is 668 g/mol. The maximum atomic E-state index is 14.2. The van der Waals surface area contributed by atoms with Crippen LogP contribution in [0.2, 0.25) is 0 Å². The number of para-hydroxylation sites is 1. The average molecular weight is 727 g/mol. The minimum absolute atomic E-state index is 0.0405. The van der Waals surface area contributed by atoms with Crippen LogP contribution in [0.4, 0.5) is 5.69 Å². The number of nitrogens with zero attached hydrogens (tertiary/aromatic N) is 2. The number of amides is 2. The molecule has 286 valence electrons. The number of fused-ring (bicyclic) bond motifs is 2. The van der Waals surface area contributed by atoms with Gasteiger partial charge in [0, 0.05) is 55.0 Å². The van der Waals surface area contributed by atoms with E-state index < -0.39 is 24.2 Å². The summed E-state index contributed by atoms with van der Waals surface area (Å²) < 4.78 is 6.07. The van der Waals surface area contributed by atoms with Crippen molar-refractivity contribution in [2.75, 3.05) is 39.3 Å². The fourth-order valence-electron chi connectivity index (χ4n) is 9.23. The molecule has 1 heterocycles. The number of carbonyl (C=O) groups excluding carboxylic acids is 2. The zero-order valence-electron chi connectivity index (χ0n) is 32.5. The van der Waals surface area contributed by atoms with E-state index in [1.165, 1.54) is 6.42 Å². The first-order valence-electron chi connectivity index (χ1n) is 19.1. The molecule has 9 atom stereocenters. The van der Waals surface area contributed by atoms with Crippen molar-refractivity contribution >= 4 is 17.5 Å². The molecule has 3 aromatic carbocycles. The number of methoxy groups -OCH3 is 1. The predicted molar refractivity (Wildman–Crippen MR) is 207 cm³/mol. The molecular formula is C43H58N4O6. The number of hydrogen-bond acceptors (Lipinski definition) is 8. The van der Waals surface area contributed by atoms with Gasteiger partial charge in [0.25, 0.3) is 5.91 Å². The van der Waals surface area contributed by atoms with Gasteiger partial charge in [-0.15, -0.1) is 0 Å². The van der Waals surface area contributed by atoms with Gasteiger partial charge in [0.2, 0.25) is 5.91 Å². The smallest absolute Gasteiger partial charge is 0.251 e. The lowest BCUT2D eigenvalue weighted by Gasteiger charge is -2.62. The molecule has 10 nitrogen and oxygen atoms in total. The van der Waals surface area contributed by atoms with Crippen molar-refractivity contribution in [3.8, 4) is 16.9 Å². The van der Waals surface area contributed by atoms with Crippen LogP contribution in [-0.2, 0) is 16.2 Å². The third kappa shape index (κ3) is 7.69. The maximum Gasteiger partial charge on any atom is 0.251 e. The van der Waals surface area contributed by atoms with E-state index >= 15 is 0 Å². The second-order valence-electron chi connectivity index (χ2n) is 16.4. The normalized spacial score (nSPS) is 27.3. The molecule has 4 N–H and O–H groups in total. The summed E-state index contributed by atoms with van der Waals surface area (Å²) in [5.41, 5.74) is 5.18. The van der Waals surface area contributed by atoms with E-state index in [2.05, 4.69) is 50.5 Å². The Bertz CT molecular complexity index is 1760. The molecule has 1 aliphatic heterocycles. The standard InChI is InChI=1S/C43H58N4O6/c1-25(28-13-10-9-11-14-28)22-44-41(50)31-17-30(18-33(19-31)46(6)7)34-16-12-15-29(40(34)52-8)23-47-39(38(27(3)49)37(24-48)53-47)42(51)45-36-21-32-20-35(26(36)2)43(32,4)5/h9-19,25-27,32,35-39,48-49H,20-24H2,1-8H3,(H,44,50)(H,45,51)/t25-,26-,27-,32+,35-,36-,37-,38+,39-/m0/s1. The molecule has 2 amide bonds. The van der Waals surface area contributed by atoms with Gasteiger partial charge < -0.3 is 30.5 Å². The van der Waals surface area contributed by atoms with Gasteiger partial charge in [-0.1, -0.05) is 76.2 Å². The summed E-state index contributed by atoms with van der Waals surface area (Å²) in [6, 6.07) is 20.9. The molecule has 3 aliphatic carbocycles. The number of ether oxygens (including phenoxy) is 1. The maximum absolute atomic E-state index is 14.2. The number of aliphatic hydroxyl groups excluding tert-OH is 2. The number of anilines is 1. The highest BCUT2D eigenvalue weighted by atomic mass is 16.7. The topological polar surface area (TPSA) is 124 Å². The summed E-state index contributed by atoms with van der Waals surface area (Å²) in [7, 11) is 5.49. The lowest BCUT2D eigenvalue weighted by Crippen LogP contribution is -2.62. The number of aliphatic hydroxyl groups is 2. The van der Waals surface area contributed by atoms with Gasteiger partial charge in [0.15, 0.2) is 0 Å².